The first-order valence-electron chi connectivity index (χ1n) is 39.2. The van der Waals surface area contributed by atoms with Crippen LogP contribution in [0.15, 0.2) is 71.4 Å². The number of ether oxygens (including phenoxy) is 1. The molecular weight excluding hydrogens is 1520 g/mol. The fraction of sp³-hybridized carbons (Fsp3) is 0.595. The van der Waals surface area contributed by atoms with E-state index in [1.54, 1.807) is 43.1 Å². The van der Waals surface area contributed by atoms with Gasteiger partial charge >= 0.3 is 17.9 Å². The second-order valence-corrected chi connectivity index (χ2v) is 33.8. The maximum absolute atomic E-state index is 14.3. The molecule has 3 aromatic carbocycles. The number of aliphatic carboxylic acids is 2. The third kappa shape index (κ3) is 26.3. The van der Waals surface area contributed by atoms with E-state index in [9.17, 15) is 75.0 Å². The van der Waals surface area contributed by atoms with Crippen LogP contribution in [0.1, 0.15) is 228 Å². The summed E-state index contributed by atoms with van der Waals surface area (Å²) in [6.45, 7) is 27.4. The number of Topliss-reactive ketones (excluding diaryl/α,β-unsaturated/α-hetero) is 2. The fourth-order valence-electron chi connectivity index (χ4n) is 14.7. The number of likely N-dealkylation sites (N-methyl/N-ethyl adjacent to an activating group) is 2. The third-order valence-corrected chi connectivity index (χ3v) is 24.7. The molecule has 5 aromatic rings. The summed E-state index contributed by atoms with van der Waals surface area (Å²) < 4.78 is 73.4. The van der Waals surface area contributed by atoms with E-state index < -0.39 is 123 Å². The van der Waals surface area contributed by atoms with Gasteiger partial charge in [0.25, 0.3) is 5.91 Å². The second kappa shape index (κ2) is 44.0. The molecule has 2 aliphatic heterocycles. The molecule has 14 atom stereocenters. The minimum Gasteiger partial charge on any atom is -0.481 e. The smallest absolute Gasteiger partial charge is 0.363 e. The van der Waals surface area contributed by atoms with Crippen molar-refractivity contribution < 1.29 is 84.8 Å². The summed E-state index contributed by atoms with van der Waals surface area (Å²) in [5.74, 6) is -20.2. The maximum Gasteiger partial charge on any atom is 0.363 e. The van der Waals surface area contributed by atoms with Crippen molar-refractivity contribution in [2.24, 2.45) is 53.1 Å². The average Bonchev–Trinajstić information content (AvgIpc) is 1.26. The maximum atomic E-state index is 14.3. The normalized spacial score (nSPS) is 18.8. The van der Waals surface area contributed by atoms with E-state index in [0.29, 0.717) is 30.7 Å². The molecule has 4 heterocycles. The highest BCUT2D eigenvalue weighted by Gasteiger charge is 2.46. The van der Waals surface area contributed by atoms with Crippen molar-refractivity contribution in [3.8, 4) is 5.75 Å². The quantitative estimate of drug-likeness (QED) is 0.00703. The number of carboxylic acid groups (broad SMARTS) is 2. The molecule has 0 saturated carbocycles. The summed E-state index contributed by atoms with van der Waals surface area (Å²) in [6.07, 6.45) is 7.53. The van der Waals surface area contributed by atoms with Crippen LogP contribution in [-0.4, -0.2) is 175 Å². The van der Waals surface area contributed by atoms with E-state index in [1.807, 2.05) is 149 Å². The predicted octanol–water partition coefficient (Wildman–Crippen LogP) is 13.6. The van der Waals surface area contributed by atoms with Crippen molar-refractivity contribution in [3.05, 3.63) is 133 Å². The Morgan fingerprint density at radius 1 is 0.561 bits per heavy atom. The van der Waals surface area contributed by atoms with E-state index in [2.05, 4.69) is 35.6 Å². The lowest BCUT2D eigenvalue weighted by Crippen LogP contribution is -2.50. The zero-order valence-corrected chi connectivity index (χ0v) is 70.8. The van der Waals surface area contributed by atoms with Gasteiger partial charge in [-0.3, -0.25) is 53.0 Å². The minimum atomic E-state index is -2.40. The fourth-order valence-corrected chi connectivity index (χ4v) is 16.5. The van der Waals surface area contributed by atoms with Crippen LogP contribution in [-0.2, 0) is 51.2 Å². The van der Waals surface area contributed by atoms with Crippen molar-refractivity contribution in [3.63, 3.8) is 0 Å². The summed E-state index contributed by atoms with van der Waals surface area (Å²) in [6, 6.07) is 16.8. The number of ketones is 2. The molecule has 0 aliphatic carbocycles. The zero-order chi connectivity index (χ0) is 85.5. The zero-order valence-electron chi connectivity index (χ0n) is 69.2. The number of hydrogen-bond donors (Lipinski definition) is 6. The number of thiazole rings is 2. The van der Waals surface area contributed by atoms with Crippen LogP contribution >= 0.6 is 22.7 Å². The van der Waals surface area contributed by atoms with Crippen LogP contribution in [0.4, 0.5) is 22.0 Å². The Labute approximate surface area is 675 Å². The largest absolute Gasteiger partial charge is 0.481 e. The molecule has 0 bridgehead atoms. The van der Waals surface area contributed by atoms with Crippen LogP contribution in [0.25, 0.3) is 0 Å². The Morgan fingerprint density at radius 2 is 0.939 bits per heavy atom. The van der Waals surface area contributed by atoms with E-state index in [1.165, 1.54) is 25.2 Å². The molecule has 114 heavy (non-hydrogen) atoms. The summed E-state index contributed by atoms with van der Waals surface area (Å²) >= 11 is 2.15. The number of nitrogens with two attached hydrogens (primary N) is 1. The molecule has 0 spiro atoms. The highest BCUT2D eigenvalue weighted by Crippen LogP contribution is 2.38. The number of halogens is 5. The summed E-state index contributed by atoms with van der Waals surface area (Å²) in [5.41, 5.74) is 6.48. The van der Waals surface area contributed by atoms with Gasteiger partial charge < -0.3 is 46.4 Å². The monoisotopic (exact) mass is 1630 g/mol. The summed E-state index contributed by atoms with van der Waals surface area (Å²) in [7, 11) is 7.32. The molecule has 5 amide bonds. The first kappa shape index (κ1) is 96.1. The average molecular weight is 1640 g/mol. The molecule has 2 saturated heterocycles. The van der Waals surface area contributed by atoms with E-state index in [0.717, 1.165) is 79.5 Å². The molecule has 0 radical (unpaired) electrons. The highest BCUT2D eigenvalue weighted by atomic mass is 32.1. The van der Waals surface area contributed by atoms with Crippen molar-refractivity contribution in [1.29, 1.82) is 0 Å². The molecule has 7 rings (SSSR count). The van der Waals surface area contributed by atoms with Gasteiger partial charge in [0, 0.05) is 87.5 Å². The lowest BCUT2D eigenvalue weighted by Gasteiger charge is -2.38. The number of nitrogens with zero attached hydrogens (tertiary/aromatic N) is 6. The minimum absolute atomic E-state index is 0.00222. The number of rotatable bonds is 38. The van der Waals surface area contributed by atoms with Gasteiger partial charge in [0.05, 0.1) is 35.0 Å². The molecule has 2 fully saturated rings. The number of nitrogens with one attached hydrogen (secondary N) is 3. The number of aromatic nitrogens is 2. The standard InChI is InChI=1S/C39H59N5O6S.C33H43F5N4O5S.C12H17NO2/c1-10-25(4)30(21-34(46)39(7)17-14-18-43(39)8)37(48)44(9)33(24(2)3)22-31(40-27(6)45)36-42-32(23-51-36)35(47)41-29(19-26(5)38(49)50)20-28-15-12-11-13-16-28;1-9-17(4)19(13-23(44)33(6)11-10-12-41(33)7)31(45)42(8)22(16(2)3)14-20(39-18(5)43)30-40-21(15-48-30)32(46)47-29-27(37)25(35)24(34)26(36)28(29)38;1-9(12(14)15)7-11(13)8-10-5-3-2-4-6-10/h11-13,15-16,23-26,29-31,33H,10,14,17-22H2,1-9H3,(H,40,45)(H,41,47)(H,49,50);15-17,19-20,22H,9-14H2,1-8H3,(H,39,43);2-6,9,11H,7-8,13H2,1H3,(H,14,15)/t25-,26-,29+,30-,31+,33+,39+;17-,19-,20+,22+,33+;9-,11+/m000/s1. The molecule has 7 N–H and O–H groups in total. The van der Waals surface area contributed by atoms with E-state index in [-0.39, 0.29) is 107 Å². The van der Waals surface area contributed by atoms with Crippen LogP contribution < -0.4 is 26.4 Å². The first-order valence-corrected chi connectivity index (χ1v) is 41.0. The van der Waals surface area contributed by atoms with E-state index >= 15 is 0 Å². The van der Waals surface area contributed by atoms with Crippen LogP contribution in [0.5, 0.6) is 5.75 Å². The molecule has 0 unspecified atom stereocenters. The van der Waals surface area contributed by atoms with Gasteiger partial charge in [0.1, 0.15) is 15.7 Å². The summed E-state index contributed by atoms with van der Waals surface area (Å²) in [5, 5.41) is 30.5. The molecule has 2 aliphatic rings. The Hall–Kier alpha value is -8.45. The summed E-state index contributed by atoms with van der Waals surface area (Å²) in [4.78, 5) is 145. The Bertz CT molecular complexity index is 4050. The number of carboxylic acids is 2. The van der Waals surface area contributed by atoms with Gasteiger partial charge in [0.2, 0.25) is 58.5 Å². The number of esters is 1. The van der Waals surface area contributed by atoms with Crippen molar-refractivity contribution in [2.75, 3.05) is 41.3 Å². The molecule has 630 valence electrons. The SMILES string of the molecule is CC[C@H](C)[C@H](CC(=O)[C@@]1(C)CCCN1C)C(=O)N(C)[C@H](C[C@@H](NC(C)=O)c1nc(C(=O)N[C@@H](Cc2ccccc2)C[C@H](C)C(=O)O)cs1)C(C)C.CC[C@H](C)[C@H](CC(=O)[C@@]1(C)CCCN1C)C(=O)N(C)[C@H](C[C@@H](NC(C)=O)c1nc(C(=O)Oc2c(F)c(F)c(F)c(F)c2F)cs1)C(C)C.C[C@@H](C[C@@H](N)Cc1ccccc1)C(=O)O. The first-order chi connectivity index (χ1) is 53.4. The molecular formula is C84H119F5N10O13S2. The van der Waals surface area contributed by atoms with E-state index in [4.69, 9.17) is 10.8 Å². The van der Waals surface area contributed by atoms with Crippen molar-refractivity contribution in [1.82, 2.24) is 45.5 Å². The highest BCUT2D eigenvalue weighted by molar-refractivity contribution is 7.10. The van der Waals surface area contributed by atoms with Crippen LogP contribution in [0, 0.1) is 76.4 Å². The van der Waals surface area contributed by atoms with Gasteiger partial charge in [-0.05, 0) is 140 Å². The molecule has 2 aromatic heterocycles. The van der Waals surface area contributed by atoms with Gasteiger partial charge in [-0.15, -0.1) is 22.7 Å². The molecule has 23 nitrogen and oxygen atoms in total. The lowest BCUT2D eigenvalue weighted by molar-refractivity contribution is -0.143. The number of benzene rings is 3. The number of likely N-dealkylation sites (tertiary alicyclic amines) is 2. The number of carbonyl (C=O) groups is 10. The van der Waals surface area contributed by atoms with Crippen molar-refractivity contribution in [2.45, 2.75) is 234 Å². The Kier molecular flexibility index (Phi) is 37.1. The Balaban J connectivity index is 0.000000344. The number of carbonyl (C=O) groups excluding carboxylic acids is 8. The number of hydrogen-bond acceptors (Lipinski definition) is 18. The lowest BCUT2D eigenvalue weighted by atomic mass is 9.80. The van der Waals surface area contributed by atoms with Crippen molar-refractivity contribution >= 4 is 81.7 Å². The van der Waals surface area contributed by atoms with Gasteiger partial charge in [-0.2, -0.15) is 8.78 Å². The number of amides is 5. The van der Waals surface area contributed by atoms with Gasteiger partial charge in [-0.1, -0.05) is 143 Å². The van der Waals surface area contributed by atoms with Crippen LogP contribution in [0.3, 0.4) is 0 Å². The topological polar surface area (TPSA) is 321 Å². The Morgan fingerprint density at radius 3 is 1.31 bits per heavy atom. The predicted molar refractivity (Wildman–Crippen MR) is 429 cm³/mol. The van der Waals surface area contributed by atoms with Gasteiger partial charge in [-0.25, -0.2) is 27.9 Å². The molecule has 30 heteroatoms. The third-order valence-electron chi connectivity index (χ3n) is 22.8. The van der Waals surface area contributed by atoms with Crippen LogP contribution in [0.2, 0.25) is 0 Å². The van der Waals surface area contributed by atoms with Gasteiger partial charge in [0.15, 0.2) is 17.3 Å². The second-order valence-electron chi connectivity index (χ2n) is 32.0.